The number of amides is 1. The molecular weight excluding hydrogens is 277 g/mol. The van der Waals surface area contributed by atoms with Gasteiger partial charge in [0, 0.05) is 18.6 Å². The van der Waals surface area contributed by atoms with Gasteiger partial charge in [0.1, 0.15) is 5.82 Å². The van der Waals surface area contributed by atoms with E-state index in [9.17, 15) is 9.18 Å². The Morgan fingerprint density at radius 1 is 1.25 bits per heavy atom. The highest BCUT2D eigenvalue weighted by Crippen LogP contribution is 2.15. The van der Waals surface area contributed by atoms with Gasteiger partial charge in [-0.1, -0.05) is 29.8 Å². The van der Waals surface area contributed by atoms with Gasteiger partial charge in [0.15, 0.2) is 0 Å². The van der Waals surface area contributed by atoms with E-state index < -0.39 is 5.82 Å². The quantitative estimate of drug-likeness (QED) is 0.835. The van der Waals surface area contributed by atoms with Gasteiger partial charge in [-0.2, -0.15) is 0 Å². The third-order valence-electron chi connectivity index (χ3n) is 3.01. The Morgan fingerprint density at radius 3 is 2.65 bits per heavy atom. The molecule has 0 saturated heterocycles. The molecule has 0 aliphatic carbocycles. The van der Waals surface area contributed by atoms with Crippen LogP contribution in [0.25, 0.3) is 0 Å². The van der Waals surface area contributed by atoms with Crippen LogP contribution in [0.3, 0.4) is 0 Å². The molecule has 0 aliphatic rings. The molecule has 20 heavy (non-hydrogen) atoms. The molecule has 0 aromatic heterocycles. The molecule has 0 atom stereocenters. The summed E-state index contributed by atoms with van der Waals surface area (Å²) in [5.41, 5.74) is 1.78. The van der Waals surface area contributed by atoms with Crippen molar-refractivity contribution in [2.45, 2.75) is 13.5 Å². The lowest BCUT2D eigenvalue weighted by Crippen LogP contribution is -2.27. The van der Waals surface area contributed by atoms with Crippen LogP contribution < -0.4 is 0 Å². The van der Waals surface area contributed by atoms with Gasteiger partial charge in [-0.25, -0.2) is 4.39 Å². The highest BCUT2D eigenvalue weighted by Gasteiger charge is 2.16. The van der Waals surface area contributed by atoms with E-state index in [-0.39, 0.29) is 11.5 Å². The van der Waals surface area contributed by atoms with Crippen molar-refractivity contribution in [3.63, 3.8) is 0 Å². The minimum Gasteiger partial charge on any atom is -0.337 e. The van der Waals surface area contributed by atoms with Gasteiger partial charge in [0.05, 0.1) is 5.56 Å². The lowest BCUT2D eigenvalue weighted by atomic mass is 10.1. The topological polar surface area (TPSA) is 20.3 Å². The van der Waals surface area contributed by atoms with E-state index >= 15 is 0 Å². The van der Waals surface area contributed by atoms with Gasteiger partial charge in [-0.3, -0.25) is 4.79 Å². The van der Waals surface area contributed by atoms with Crippen LogP contribution in [0.2, 0.25) is 5.02 Å². The summed E-state index contributed by atoms with van der Waals surface area (Å²) < 4.78 is 13.8. The molecule has 2 aromatic carbocycles. The van der Waals surface area contributed by atoms with Crippen molar-refractivity contribution in [3.8, 4) is 0 Å². The number of hydrogen-bond acceptors (Lipinski definition) is 1. The summed E-state index contributed by atoms with van der Waals surface area (Å²) in [6.45, 7) is 2.17. The van der Waals surface area contributed by atoms with Gasteiger partial charge in [0.25, 0.3) is 5.91 Å². The van der Waals surface area contributed by atoms with Crippen LogP contribution in [0.1, 0.15) is 21.5 Å². The number of aryl methyl sites for hydroxylation is 1. The fourth-order valence-corrected chi connectivity index (χ4v) is 2.19. The van der Waals surface area contributed by atoms with E-state index in [2.05, 4.69) is 0 Å². The minimum absolute atomic E-state index is 0.0835. The first-order chi connectivity index (χ1) is 9.47. The molecule has 0 bridgehead atoms. The van der Waals surface area contributed by atoms with Crippen LogP contribution in [0, 0.1) is 12.7 Å². The number of rotatable bonds is 3. The van der Waals surface area contributed by atoms with E-state index in [0.717, 1.165) is 11.1 Å². The molecule has 1 amide bonds. The largest absolute Gasteiger partial charge is 0.337 e. The SMILES string of the molecule is Cc1ccc(C(=O)N(C)Cc2cccc(Cl)c2)c(F)c1. The van der Waals surface area contributed by atoms with Gasteiger partial charge in [-0.15, -0.1) is 0 Å². The highest BCUT2D eigenvalue weighted by molar-refractivity contribution is 6.30. The zero-order chi connectivity index (χ0) is 14.7. The second kappa shape index (κ2) is 6.06. The lowest BCUT2D eigenvalue weighted by Gasteiger charge is -2.18. The molecule has 104 valence electrons. The first kappa shape index (κ1) is 14.5. The number of nitrogens with zero attached hydrogens (tertiary/aromatic N) is 1. The Kier molecular flexibility index (Phi) is 4.40. The number of hydrogen-bond donors (Lipinski definition) is 0. The van der Waals surface area contributed by atoms with Crippen LogP contribution in [0.4, 0.5) is 4.39 Å². The first-order valence-corrected chi connectivity index (χ1v) is 6.61. The van der Waals surface area contributed by atoms with Gasteiger partial charge in [0.2, 0.25) is 0 Å². The Labute approximate surface area is 122 Å². The Balaban J connectivity index is 2.16. The van der Waals surface area contributed by atoms with E-state index in [1.54, 1.807) is 32.2 Å². The zero-order valence-corrected chi connectivity index (χ0v) is 12.1. The summed E-state index contributed by atoms with van der Waals surface area (Å²) >= 11 is 5.90. The standard InChI is InChI=1S/C16H15ClFNO/c1-11-6-7-14(15(18)8-11)16(20)19(2)10-12-4-3-5-13(17)9-12/h3-9H,10H2,1-2H3. The third kappa shape index (κ3) is 3.36. The van der Waals surface area contributed by atoms with Crippen LogP contribution in [0.15, 0.2) is 42.5 Å². The molecule has 0 saturated carbocycles. The van der Waals surface area contributed by atoms with Crippen LogP contribution in [-0.4, -0.2) is 17.9 Å². The number of benzene rings is 2. The highest BCUT2D eigenvalue weighted by atomic mass is 35.5. The Bertz CT molecular complexity index is 642. The summed E-state index contributed by atoms with van der Waals surface area (Å²) in [6, 6.07) is 11.9. The molecule has 0 spiro atoms. The summed E-state index contributed by atoms with van der Waals surface area (Å²) in [6.07, 6.45) is 0. The maximum absolute atomic E-state index is 13.8. The van der Waals surface area contributed by atoms with Crippen molar-refractivity contribution in [1.29, 1.82) is 0 Å². The monoisotopic (exact) mass is 291 g/mol. The van der Waals surface area contributed by atoms with Crippen LogP contribution in [0.5, 0.6) is 0 Å². The lowest BCUT2D eigenvalue weighted by molar-refractivity contribution is 0.0780. The van der Waals surface area contributed by atoms with Crippen molar-refractivity contribution >= 4 is 17.5 Å². The molecule has 0 unspecified atom stereocenters. The van der Waals surface area contributed by atoms with Gasteiger partial charge < -0.3 is 4.90 Å². The van der Waals surface area contributed by atoms with Crippen molar-refractivity contribution in [2.75, 3.05) is 7.05 Å². The minimum atomic E-state index is -0.493. The molecule has 0 heterocycles. The zero-order valence-electron chi connectivity index (χ0n) is 11.4. The second-order valence-corrected chi connectivity index (χ2v) is 5.21. The van der Waals surface area contributed by atoms with E-state index in [4.69, 9.17) is 11.6 Å². The van der Waals surface area contributed by atoms with Crippen molar-refractivity contribution < 1.29 is 9.18 Å². The van der Waals surface area contributed by atoms with E-state index in [1.165, 1.54) is 17.0 Å². The summed E-state index contributed by atoms with van der Waals surface area (Å²) in [4.78, 5) is 13.7. The predicted molar refractivity (Wildman–Crippen MR) is 78.4 cm³/mol. The molecular formula is C16H15ClFNO. The third-order valence-corrected chi connectivity index (χ3v) is 3.25. The van der Waals surface area contributed by atoms with E-state index in [0.29, 0.717) is 11.6 Å². The summed E-state index contributed by atoms with van der Waals surface area (Å²) in [7, 11) is 1.64. The van der Waals surface area contributed by atoms with Crippen molar-refractivity contribution in [3.05, 3.63) is 70.0 Å². The Morgan fingerprint density at radius 2 is 2.00 bits per heavy atom. The number of carbonyl (C=O) groups excluding carboxylic acids is 1. The average molecular weight is 292 g/mol. The maximum atomic E-state index is 13.8. The molecule has 2 rings (SSSR count). The normalized spacial score (nSPS) is 10.4. The molecule has 4 heteroatoms. The first-order valence-electron chi connectivity index (χ1n) is 6.23. The molecule has 0 aliphatic heterocycles. The smallest absolute Gasteiger partial charge is 0.256 e. The molecule has 0 radical (unpaired) electrons. The van der Waals surface area contributed by atoms with Crippen LogP contribution in [-0.2, 0) is 6.54 Å². The maximum Gasteiger partial charge on any atom is 0.256 e. The summed E-state index contributed by atoms with van der Waals surface area (Å²) in [5, 5.41) is 0.616. The fraction of sp³-hybridized carbons (Fsp3) is 0.188. The molecule has 2 nitrogen and oxygen atoms in total. The van der Waals surface area contributed by atoms with Gasteiger partial charge >= 0.3 is 0 Å². The summed E-state index contributed by atoms with van der Waals surface area (Å²) in [5.74, 6) is -0.838. The Hall–Kier alpha value is -1.87. The molecule has 0 N–H and O–H groups in total. The average Bonchev–Trinajstić information content (AvgIpc) is 2.38. The van der Waals surface area contributed by atoms with Gasteiger partial charge in [-0.05, 0) is 42.3 Å². The van der Waals surface area contributed by atoms with E-state index in [1.807, 2.05) is 12.1 Å². The fourth-order valence-electron chi connectivity index (χ4n) is 1.98. The predicted octanol–water partition coefficient (Wildman–Crippen LogP) is 4.06. The van der Waals surface area contributed by atoms with Crippen LogP contribution >= 0.6 is 11.6 Å². The van der Waals surface area contributed by atoms with Crippen molar-refractivity contribution in [1.82, 2.24) is 4.90 Å². The number of carbonyl (C=O) groups is 1. The number of halogens is 2. The van der Waals surface area contributed by atoms with Crippen molar-refractivity contribution in [2.24, 2.45) is 0 Å². The molecule has 0 fully saturated rings. The molecule has 2 aromatic rings. The second-order valence-electron chi connectivity index (χ2n) is 4.77.